The van der Waals surface area contributed by atoms with Crippen LogP contribution in [0.15, 0.2) is 66.4 Å². The minimum Gasteiger partial charge on any atom is -0.496 e. The molecule has 34 heavy (non-hydrogen) atoms. The highest BCUT2D eigenvalue weighted by atomic mass is 32.1. The quantitative estimate of drug-likeness (QED) is 0.352. The van der Waals surface area contributed by atoms with E-state index in [2.05, 4.69) is 18.3 Å². The number of ether oxygens (including phenoxy) is 2. The summed E-state index contributed by atoms with van der Waals surface area (Å²) in [5.74, 6) is 1.40. The van der Waals surface area contributed by atoms with Gasteiger partial charge in [0.1, 0.15) is 23.8 Å². The summed E-state index contributed by atoms with van der Waals surface area (Å²) in [7, 11) is 1.64. The van der Waals surface area contributed by atoms with Crippen molar-refractivity contribution in [1.29, 1.82) is 0 Å². The topological polar surface area (TPSA) is 50.8 Å². The molecule has 1 aliphatic rings. The maximum absolute atomic E-state index is 13.2. The number of para-hydroxylation sites is 1. The Morgan fingerprint density at radius 2 is 1.79 bits per heavy atom. The first kappa shape index (κ1) is 23.5. The molecule has 0 saturated carbocycles. The number of carbonyl (C=O) groups is 1. The Morgan fingerprint density at radius 1 is 1.00 bits per heavy atom. The fourth-order valence-corrected chi connectivity index (χ4v) is 4.26. The van der Waals surface area contributed by atoms with E-state index in [1.54, 1.807) is 12.0 Å². The van der Waals surface area contributed by atoms with Crippen LogP contribution in [0.5, 0.6) is 11.5 Å². The zero-order valence-corrected chi connectivity index (χ0v) is 20.7. The highest BCUT2D eigenvalue weighted by Crippen LogP contribution is 2.28. The molecule has 0 aromatic heterocycles. The second-order valence-electron chi connectivity index (χ2n) is 8.24. The molecule has 1 amide bonds. The maximum Gasteiger partial charge on any atom is 0.281 e. The van der Waals surface area contributed by atoms with Gasteiger partial charge in [-0.1, -0.05) is 43.3 Å². The van der Waals surface area contributed by atoms with Gasteiger partial charge in [-0.2, -0.15) is 0 Å². The monoisotopic (exact) mass is 472 g/mol. The molecule has 0 aliphatic carbocycles. The molecule has 1 heterocycles. The van der Waals surface area contributed by atoms with Crippen molar-refractivity contribution in [3.63, 3.8) is 0 Å². The lowest BCUT2D eigenvalue weighted by atomic mass is 10.1. The molecule has 4 rings (SSSR count). The van der Waals surface area contributed by atoms with Gasteiger partial charge in [0.25, 0.3) is 5.91 Å². The summed E-state index contributed by atoms with van der Waals surface area (Å²) in [4.78, 5) is 14.8. The zero-order valence-electron chi connectivity index (χ0n) is 19.8. The first-order valence-electron chi connectivity index (χ1n) is 11.2. The lowest BCUT2D eigenvalue weighted by Gasteiger charge is -2.17. The van der Waals surface area contributed by atoms with Gasteiger partial charge >= 0.3 is 0 Å². The number of aryl methyl sites for hydroxylation is 3. The van der Waals surface area contributed by atoms with E-state index in [0.29, 0.717) is 17.4 Å². The van der Waals surface area contributed by atoms with Crippen LogP contribution in [0.2, 0.25) is 0 Å². The maximum atomic E-state index is 13.2. The van der Waals surface area contributed by atoms with Crippen molar-refractivity contribution in [2.45, 2.75) is 33.8 Å². The van der Waals surface area contributed by atoms with Gasteiger partial charge in [0.15, 0.2) is 5.11 Å². The SMILES string of the molecule is CCc1ccccc1N1C(=O)/C(=C\c2ccc(OC)c(COc3cc(C)ccc3C)c2)NC1=S. The average Bonchev–Trinajstić information content (AvgIpc) is 3.12. The third kappa shape index (κ3) is 4.82. The molecule has 0 bridgehead atoms. The van der Waals surface area contributed by atoms with Crippen LogP contribution in [0.3, 0.4) is 0 Å². The fraction of sp³-hybridized carbons (Fsp3) is 0.214. The third-order valence-electron chi connectivity index (χ3n) is 5.83. The van der Waals surface area contributed by atoms with Crippen LogP contribution in [0, 0.1) is 13.8 Å². The van der Waals surface area contributed by atoms with Crippen molar-refractivity contribution in [2.24, 2.45) is 0 Å². The molecule has 3 aromatic carbocycles. The van der Waals surface area contributed by atoms with Gasteiger partial charge in [-0.05, 0) is 85.1 Å². The van der Waals surface area contributed by atoms with Gasteiger partial charge in [-0.15, -0.1) is 0 Å². The van der Waals surface area contributed by atoms with E-state index in [4.69, 9.17) is 21.7 Å². The summed E-state index contributed by atoms with van der Waals surface area (Å²) >= 11 is 5.50. The van der Waals surface area contributed by atoms with E-state index < -0.39 is 0 Å². The van der Waals surface area contributed by atoms with Gasteiger partial charge in [0, 0.05) is 5.56 Å². The average molecular weight is 473 g/mol. The molecule has 1 aliphatic heterocycles. The Balaban J connectivity index is 1.60. The number of methoxy groups -OCH3 is 1. The largest absolute Gasteiger partial charge is 0.496 e. The molecule has 0 atom stereocenters. The molecule has 0 spiro atoms. The first-order chi connectivity index (χ1) is 16.4. The van der Waals surface area contributed by atoms with Gasteiger partial charge in [-0.3, -0.25) is 9.69 Å². The summed E-state index contributed by atoms with van der Waals surface area (Å²) in [6.45, 7) is 6.47. The van der Waals surface area contributed by atoms with E-state index in [0.717, 1.165) is 51.4 Å². The van der Waals surface area contributed by atoms with Gasteiger partial charge < -0.3 is 14.8 Å². The van der Waals surface area contributed by atoms with Crippen LogP contribution in [-0.2, 0) is 17.8 Å². The minimum atomic E-state index is -0.171. The van der Waals surface area contributed by atoms with Crippen molar-refractivity contribution in [3.8, 4) is 11.5 Å². The number of anilines is 1. The summed E-state index contributed by atoms with van der Waals surface area (Å²) < 4.78 is 11.6. The van der Waals surface area contributed by atoms with Crippen molar-refractivity contribution >= 4 is 35.0 Å². The number of benzene rings is 3. The van der Waals surface area contributed by atoms with Crippen LogP contribution in [0.25, 0.3) is 6.08 Å². The molecular formula is C28H28N2O3S. The summed E-state index contributed by atoms with van der Waals surface area (Å²) in [6, 6.07) is 19.7. The second-order valence-corrected chi connectivity index (χ2v) is 8.63. The van der Waals surface area contributed by atoms with E-state index in [-0.39, 0.29) is 5.91 Å². The van der Waals surface area contributed by atoms with Gasteiger partial charge in [0.2, 0.25) is 0 Å². The summed E-state index contributed by atoms with van der Waals surface area (Å²) in [5, 5.41) is 3.46. The molecular weight excluding hydrogens is 444 g/mol. The zero-order chi connectivity index (χ0) is 24.2. The Morgan fingerprint density at radius 3 is 2.56 bits per heavy atom. The number of thiocarbonyl (C=S) groups is 1. The molecule has 1 N–H and O–H groups in total. The molecule has 1 saturated heterocycles. The Bertz CT molecular complexity index is 1280. The number of hydrogen-bond acceptors (Lipinski definition) is 4. The van der Waals surface area contributed by atoms with Crippen LogP contribution in [0.4, 0.5) is 5.69 Å². The first-order valence-corrected chi connectivity index (χ1v) is 11.6. The van der Waals surface area contributed by atoms with Crippen LogP contribution in [0.1, 0.15) is 34.7 Å². The highest BCUT2D eigenvalue weighted by molar-refractivity contribution is 7.80. The van der Waals surface area contributed by atoms with Crippen LogP contribution in [-0.4, -0.2) is 18.1 Å². The number of nitrogens with one attached hydrogen (secondary N) is 1. The standard InChI is InChI=1S/C28H28N2O3S/c1-5-21-8-6-7-9-24(21)30-27(31)23(29-28(30)34)16-20-12-13-25(32-4)22(15-20)17-33-26-14-18(2)10-11-19(26)3/h6-16H,5,17H2,1-4H3,(H,29,34)/b23-16+. The lowest BCUT2D eigenvalue weighted by molar-refractivity contribution is -0.113. The van der Waals surface area contributed by atoms with Crippen molar-refractivity contribution in [2.75, 3.05) is 12.0 Å². The van der Waals surface area contributed by atoms with E-state index in [9.17, 15) is 4.79 Å². The van der Waals surface area contributed by atoms with Gasteiger partial charge in [-0.25, -0.2) is 0 Å². The Hall–Kier alpha value is -3.64. The number of hydrogen-bond donors (Lipinski definition) is 1. The third-order valence-corrected chi connectivity index (χ3v) is 6.12. The second kappa shape index (κ2) is 10.1. The molecule has 0 unspecified atom stereocenters. The summed E-state index contributed by atoms with van der Waals surface area (Å²) in [5.41, 5.74) is 6.27. The summed E-state index contributed by atoms with van der Waals surface area (Å²) in [6.07, 6.45) is 2.62. The molecule has 3 aromatic rings. The van der Waals surface area contributed by atoms with E-state index in [1.165, 1.54) is 0 Å². The normalized spacial score (nSPS) is 14.5. The predicted octanol–water partition coefficient (Wildman–Crippen LogP) is 5.72. The number of nitrogens with zero attached hydrogens (tertiary/aromatic N) is 1. The van der Waals surface area contributed by atoms with E-state index >= 15 is 0 Å². The smallest absolute Gasteiger partial charge is 0.281 e. The lowest BCUT2D eigenvalue weighted by Crippen LogP contribution is -2.31. The molecule has 0 radical (unpaired) electrons. The van der Waals surface area contributed by atoms with Crippen molar-refractivity contribution in [3.05, 3.63) is 94.2 Å². The molecule has 1 fully saturated rings. The predicted molar refractivity (Wildman–Crippen MR) is 140 cm³/mol. The van der Waals surface area contributed by atoms with Crippen LogP contribution >= 0.6 is 12.2 Å². The van der Waals surface area contributed by atoms with Gasteiger partial charge in [0.05, 0.1) is 12.8 Å². The van der Waals surface area contributed by atoms with E-state index in [1.807, 2.05) is 74.5 Å². The fourth-order valence-electron chi connectivity index (χ4n) is 3.97. The van der Waals surface area contributed by atoms with Crippen molar-refractivity contribution < 1.29 is 14.3 Å². The Kier molecular flexibility index (Phi) is 6.98. The molecule has 5 nitrogen and oxygen atoms in total. The van der Waals surface area contributed by atoms with Crippen LogP contribution < -0.4 is 19.7 Å². The van der Waals surface area contributed by atoms with Crippen molar-refractivity contribution in [1.82, 2.24) is 5.32 Å². The highest BCUT2D eigenvalue weighted by Gasteiger charge is 2.33. The molecule has 6 heteroatoms. The minimum absolute atomic E-state index is 0.171. The molecule has 174 valence electrons. The number of amides is 1. The number of carbonyl (C=O) groups excluding carboxylic acids is 1. The number of rotatable bonds is 7. The Labute approximate surface area is 206 Å².